The number of carbonyl (C=O) groups is 1. The smallest absolute Gasteiger partial charge is 0.387 e. The Morgan fingerprint density at radius 3 is 2.47 bits per heavy atom. The lowest BCUT2D eigenvalue weighted by atomic mass is 9.94. The molecule has 5 N–H and O–H groups in total. The van der Waals surface area contributed by atoms with Gasteiger partial charge in [-0.05, 0) is 49.9 Å². The Morgan fingerprint density at radius 1 is 1.22 bits per heavy atom. The van der Waals surface area contributed by atoms with E-state index in [9.17, 15) is 23.1 Å². The highest BCUT2D eigenvalue weighted by atomic mass is 19.4. The van der Waals surface area contributed by atoms with Crippen LogP contribution in [0, 0.1) is 11.3 Å². The quantitative estimate of drug-likeness (QED) is 0.395. The summed E-state index contributed by atoms with van der Waals surface area (Å²) in [5.41, 5.74) is -1.43. The van der Waals surface area contributed by atoms with Gasteiger partial charge >= 0.3 is 6.18 Å². The molecule has 0 saturated heterocycles. The second-order valence-corrected chi connectivity index (χ2v) is 7.54. The second kappa shape index (κ2) is 8.95. The molecule has 0 radical (unpaired) electrons. The first-order valence-electron chi connectivity index (χ1n) is 9.79. The Labute approximate surface area is 182 Å². The molecule has 1 unspecified atom stereocenters. The number of hydrogen-bond donors (Lipinski definition) is 5. The van der Waals surface area contributed by atoms with Crippen LogP contribution in [0.25, 0.3) is 0 Å². The monoisotopic (exact) mass is 448 g/mol. The number of nitrogens with zero attached hydrogens (tertiary/aromatic N) is 2. The molecule has 1 fully saturated rings. The van der Waals surface area contributed by atoms with Gasteiger partial charge in [0.05, 0.1) is 17.0 Å². The fraction of sp³-hybridized carbons (Fsp3) is 0.333. The van der Waals surface area contributed by atoms with Gasteiger partial charge < -0.3 is 26.5 Å². The molecule has 1 saturated carbocycles. The number of allylic oxidation sites excluding steroid dienone is 1. The standard InChI is InChI=1S/C21H23F3N6O2/c1-20(32,13-3-4-13)18(26-2)15(10-25)29-19(31)12-7-8-27-17(9-12)30-16-6-5-14(11-28-16)21(22,23)24/h5-11,13,25-26,32H,3-4H2,1-2H3,(H,29,31)(H,27,28,30)/b18-15+,25-10?. The van der Waals surface area contributed by atoms with Crippen molar-refractivity contribution in [3.05, 3.63) is 59.2 Å². The summed E-state index contributed by atoms with van der Waals surface area (Å²) < 4.78 is 38.0. The van der Waals surface area contributed by atoms with Crippen LogP contribution in [-0.4, -0.2) is 39.8 Å². The number of halogens is 3. The molecule has 0 bridgehead atoms. The zero-order chi connectivity index (χ0) is 23.5. The van der Waals surface area contributed by atoms with Crippen LogP contribution in [0.2, 0.25) is 0 Å². The Bertz CT molecular complexity index is 1030. The molecule has 0 aliphatic heterocycles. The molecule has 3 rings (SSSR count). The van der Waals surface area contributed by atoms with Gasteiger partial charge in [0.25, 0.3) is 5.91 Å². The highest BCUT2D eigenvalue weighted by molar-refractivity contribution is 5.99. The number of nitrogens with one attached hydrogen (secondary N) is 4. The summed E-state index contributed by atoms with van der Waals surface area (Å²) in [5, 5.41) is 26.7. The molecule has 8 nitrogen and oxygen atoms in total. The van der Waals surface area contributed by atoms with Gasteiger partial charge in [-0.15, -0.1) is 0 Å². The zero-order valence-corrected chi connectivity index (χ0v) is 17.4. The van der Waals surface area contributed by atoms with Crippen LogP contribution in [0.4, 0.5) is 24.8 Å². The van der Waals surface area contributed by atoms with E-state index in [-0.39, 0.29) is 28.8 Å². The van der Waals surface area contributed by atoms with Crippen LogP contribution in [-0.2, 0) is 6.18 Å². The number of rotatable bonds is 8. The van der Waals surface area contributed by atoms with Crippen molar-refractivity contribution in [2.75, 3.05) is 12.4 Å². The lowest BCUT2D eigenvalue weighted by Gasteiger charge is -2.28. The highest BCUT2D eigenvalue weighted by Crippen LogP contribution is 2.43. The van der Waals surface area contributed by atoms with Crippen molar-refractivity contribution < 1.29 is 23.1 Å². The summed E-state index contributed by atoms with van der Waals surface area (Å²) in [6, 6.07) is 4.89. The predicted octanol–water partition coefficient (Wildman–Crippen LogP) is 3.21. The summed E-state index contributed by atoms with van der Waals surface area (Å²) in [4.78, 5) is 20.5. The molecule has 170 valence electrons. The summed E-state index contributed by atoms with van der Waals surface area (Å²) >= 11 is 0. The van der Waals surface area contributed by atoms with E-state index in [0.717, 1.165) is 31.2 Å². The van der Waals surface area contributed by atoms with E-state index in [4.69, 9.17) is 5.41 Å². The SMILES string of the molecule is CN/C(=C(\C=N)NC(=O)c1ccnc(Nc2ccc(C(F)(F)F)cn2)c1)C(C)(O)C1CC1. The molecule has 2 aromatic rings. The average molecular weight is 448 g/mol. The first-order valence-corrected chi connectivity index (χ1v) is 9.79. The van der Waals surface area contributed by atoms with Gasteiger partial charge in [-0.1, -0.05) is 0 Å². The molecule has 0 aromatic carbocycles. The minimum Gasteiger partial charge on any atom is -0.387 e. The van der Waals surface area contributed by atoms with Crippen LogP contribution in [0.1, 0.15) is 35.7 Å². The number of hydrogen-bond acceptors (Lipinski definition) is 7. The number of pyridine rings is 2. The van der Waals surface area contributed by atoms with Crippen molar-refractivity contribution in [2.24, 2.45) is 5.92 Å². The maximum atomic E-state index is 12.8. The maximum absolute atomic E-state index is 12.8. The van der Waals surface area contributed by atoms with Gasteiger partial charge in [-0.2, -0.15) is 13.2 Å². The Kier molecular flexibility index (Phi) is 6.49. The second-order valence-electron chi connectivity index (χ2n) is 7.54. The molecular weight excluding hydrogens is 425 g/mol. The molecule has 1 aliphatic carbocycles. The lowest BCUT2D eigenvalue weighted by molar-refractivity contribution is -0.137. The molecular formula is C21H23F3N6O2. The third-order valence-electron chi connectivity index (χ3n) is 5.16. The zero-order valence-electron chi connectivity index (χ0n) is 17.4. The van der Waals surface area contributed by atoms with Gasteiger partial charge in [0, 0.05) is 31.2 Å². The van der Waals surface area contributed by atoms with E-state index in [1.807, 2.05) is 0 Å². The van der Waals surface area contributed by atoms with Crippen molar-refractivity contribution in [1.82, 2.24) is 20.6 Å². The van der Waals surface area contributed by atoms with Gasteiger partial charge in [0.1, 0.15) is 17.2 Å². The molecule has 0 spiro atoms. The third kappa shape index (κ3) is 5.22. The topological polar surface area (TPSA) is 123 Å². The van der Waals surface area contributed by atoms with Crippen molar-refractivity contribution in [3.63, 3.8) is 0 Å². The molecule has 2 heterocycles. The fourth-order valence-corrected chi connectivity index (χ4v) is 3.28. The minimum absolute atomic E-state index is 0.0461. The van der Waals surface area contributed by atoms with Gasteiger partial charge in [0.2, 0.25) is 0 Å². The molecule has 11 heteroatoms. The van der Waals surface area contributed by atoms with Crippen LogP contribution in [0.15, 0.2) is 48.1 Å². The summed E-state index contributed by atoms with van der Waals surface area (Å²) in [7, 11) is 1.60. The van der Waals surface area contributed by atoms with E-state index in [0.29, 0.717) is 11.9 Å². The average Bonchev–Trinajstić information content (AvgIpc) is 3.59. The molecule has 1 aliphatic rings. The van der Waals surface area contributed by atoms with Crippen molar-refractivity contribution in [3.8, 4) is 0 Å². The first-order chi connectivity index (χ1) is 15.1. The Morgan fingerprint density at radius 2 is 1.94 bits per heavy atom. The Hall–Kier alpha value is -3.47. The first kappa shape index (κ1) is 23.2. The van der Waals surface area contributed by atoms with E-state index in [2.05, 4.69) is 25.9 Å². The number of likely N-dealkylation sites (N-methyl/N-ethyl adjacent to an activating group) is 1. The van der Waals surface area contributed by atoms with Gasteiger partial charge in [0.15, 0.2) is 0 Å². The number of aliphatic hydroxyl groups is 1. The van der Waals surface area contributed by atoms with Crippen LogP contribution in [0.3, 0.4) is 0 Å². The van der Waals surface area contributed by atoms with Crippen molar-refractivity contribution in [2.45, 2.75) is 31.5 Å². The molecule has 1 atom stereocenters. The lowest BCUT2D eigenvalue weighted by Crippen LogP contribution is -2.40. The van der Waals surface area contributed by atoms with E-state index < -0.39 is 23.2 Å². The largest absolute Gasteiger partial charge is 0.417 e. The van der Waals surface area contributed by atoms with Crippen molar-refractivity contribution in [1.29, 1.82) is 5.41 Å². The van der Waals surface area contributed by atoms with E-state index >= 15 is 0 Å². The van der Waals surface area contributed by atoms with E-state index in [1.54, 1.807) is 14.0 Å². The fourth-order valence-electron chi connectivity index (χ4n) is 3.28. The number of anilines is 2. The van der Waals surface area contributed by atoms with E-state index in [1.165, 1.54) is 18.3 Å². The predicted molar refractivity (Wildman–Crippen MR) is 112 cm³/mol. The van der Waals surface area contributed by atoms with Gasteiger partial charge in [-0.3, -0.25) is 4.79 Å². The summed E-state index contributed by atoms with van der Waals surface area (Å²) in [6.45, 7) is 1.64. The van der Waals surface area contributed by atoms with Crippen molar-refractivity contribution >= 4 is 23.8 Å². The van der Waals surface area contributed by atoms with Crippen LogP contribution >= 0.6 is 0 Å². The minimum atomic E-state index is -4.49. The normalized spacial score (nSPS) is 16.4. The number of alkyl halides is 3. The Balaban J connectivity index is 1.77. The van der Waals surface area contributed by atoms with Crippen LogP contribution < -0.4 is 16.0 Å². The molecule has 1 amide bonds. The summed E-state index contributed by atoms with van der Waals surface area (Å²) in [5.74, 6) is -0.177. The van der Waals surface area contributed by atoms with Crippen LogP contribution in [0.5, 0.6) is 0 Å². The maximum Gasteiger partial charge on any atom is 0.417 e. The summed E-state index contributed by atoms with van der Waals surface area (Å²) in [6.07, 6.45) is 0.231. The molecule has 2 aromatic heterocycles. The number of carbonyl (C=O) groups excluding carboxylic acids is 1. The third-order valence-corrected chi connectivity index (χ3v) is 5.16. The highest BCUT2D eigenvalue weighted by Gasteiger charge is 2.43. The number of aromatic nitrogens is 2. The van der Waals surface area contributed by atoms with Gasteiger partial charge in [-0.25, -0.2) is 9.97 Å². The molecule has 32 heavy (non-hydrogen) atoms. The number of amides is 1.